The zero-order valence-electron chi connectivity index (χ0n) is 19.5. The summed E-state index contributed by atoms with van der Waals surface area (Å²) in [5.74, 6) is 2.97. The molecular formula is C27H25N7O. The Hall–Kier alpha value is -4.17. The molecule has 1 saturated heterocycles. The summed E-state index contributed by atoms with van der Waals surface area (Å²) in [5, 5.41) is 5.24. The average Bonchev–Trinajstić information content (AvgIpc) is 3.38. The van der Waals surface area contributed by atoms with Crippen LogP contribution in [0, 0.1) is 6.92 Å². The van der Waals surface area contributed by atoms with Crippen molar-refractivity contribution in [3.63, 3.8) is 0 Å². The molecule has 4 heterocycles. The van der Waals surface area contributed by atoms with Gasteiger partial charge in [0, 0.05) is 55.1 Å². The van der Waals surface area contributed by atoms with Crippen LogP contribution in [-0.4, -0.2) is 56.2 Å². The molecular weight excluding hydrogens is 438 g/mol. The van der Waals surface area contributed by atoms with E-state index in [-0.39, 0.29) is 0 Å². The molecule has 0 radical (unpaired) electrons. The van der Waals surface area contributed by atoms with Crippen molar-refractivity contribution in [1.82, 2.24) is 30.0 Å². The summed E-state index contributed by atoms with van der Waals surface area (Å²) in [6.07, 6.45) is 3.54. The van der Waals surface area contributed by atoms with E-state index in [4.69, 9.17) is 14.5 Å². The van der Waals surface area contributed by atoms with E-state index in [1.165, 1.54) is 5.56 Å². The van der Waals surface area contributed by atoms with Gasteiger partial charge in [-0.3, -0.25) is 9.88 Å². The van der Waals surface area contributed by atoms with E-state index in [0.717, 1.165) is 59.9 Å². The van der Waals surface area contributed by atoms with E-state index in [1.807, 2.05) is 42.5 Å². The number of hydrogen-bond donors (Lipinski definition) is 0. The molecule has 0 atom stereocenters. The molecule has 6 rings (SSSR count). The Kier molecular flexibility index (Phi) is 5.64. The molecule has 0 N–H and O–H groups in total. The molecule has 0 aliphatic carbocycles. The highest BCUT2D eigenvalue weighted by molar-refractivity contribution is 5.91. The Morgan fingerprint density at radius 3 is 2.31 bits per heavy atom. The Balaban J connectivity index is 1.18. The van der Waals surface area contributed by atoms with Crippen LogP contribution in [-0.2, 0) is 6.54 Å². The molecule has 8 nitrogen and oxygen atoms in total. The summed E-state index contributed by atoms with van der Waals surface area (Å²) in [4.78, 5) is 23.2. The molecule has 174 valence electrons. The number of fused-ring (bicyclic) bond motifs is 1. The van der Waals surface area contributed by atoms with Gasteiger partial charge in [-0.15, -0.1) is 0 Å². The maximum absolute atomic E-state index is 5.54. The van der Waals surface area contributed by atoms with Crippen LogP contribution in [0.25, 0.3) is 33.7 Å². The molecule has 8 heteroatoms. The summed E-state index contributed by atoms with van der Waals surface area (Å²) < 4.78 is 5.54. The number of hydrogen-bond acceptors (Lipinski definition) is 8. The fraction of sp³-hybridized carbons (Fsp3) is 0.222. The molecule has 1 aliphatic heterocycles. The van der Waals surface area contributed by atoms with Gasteiger partial charge in [-0.1, -0.05) is 47.1 Å². The van der Waals surface area contributed by atoms with E-state index in [1.54, 1.807) is 12.4 Å². The highest BCUT2D eigenvalue weighted by atomic mass is 16.5. The average molecular weight is 464 g/mol. The van der Waals surface area contributed by atoms with Gasteiger partial charge in [0.1, 0.15) is 5.82 Å². The number of aromatic nitrogens is 5. The monoisotopic (exact) mass is 463 g/mol. The van der Waals surface area contributed by atoms with E-state index in [9.17, 15) is 0 Å². The van der Waals surface area contributed by atoms with Gasteiger partial charge in [-0.2, -0.15) is 4.98 Å². The van der Waals surface area contributed by atoms with Crippen LogP contribution in [0.1, 0.15) is 11.5 Å². The van der Waals surface area contributed by atoms with Gasteiger partial charge in [0.15, 0.2) is 5.82 Å². The lowest BCUT2D eigenvalue weighted by Crippen LogP contribution is -2.46. The Morgan fingerprint density at radius 1 is 0.771 bits per heavy atom. The van der Waals surface area contributed by atoms with Crippen LogP contribution < -0.4 is 4.90 Å². The minimum Gasteiger partial charge on any atom is -0.353 e. The molecule has 0 saturated carbocycles. The lowest BCUT2D eigenvalue weighted by Gasteiger charge is -2.35. The van der Waals surface area contributed by atoms with Crippen molar-refractivity contribution in [3.05, 3.63) is 84.5 Å². The summed E-state index contributed by atoms with van der Waals surface area (Å²) in [6.45, 7) is 6.18. The molecule has 1 fully saturated rings. The minimum absolute atomic E-state index is 0.634. The van der Waals surface area contributed by atoms with E-state index in [2.05, 4.69) is 50.0 Å². The number of rotatable bonds is 5. The van der Waals surface area contributed by atoms with E-state index < -0.39 is 0 Å². The van der Waals surface area contributed by atoms with Crippen LogP contribution in [0.4, 0.5) is 5.82 Å². The molecule has 0 spiro atoms. The Morgan fingerprint density at radius 2 is 1.51 bits per heavy atom. The zero-order chi connectivity index (χ0) is 23.6. The highest BCUT2D eigenvalue weighted by Crippen LogP contribution is 2.28. The maximum atomic E-state index is 5.54. The second kappa shape index (κ2) is 9.23. The van der Waals surface area contributed by atoms with Crippen molar-refractivity contribution < 1.29 is 4.52 Å². The fourth-order valence-corrected chi connectivity index (χ4v) is 4.38. The third kappa shape index (κ3) is 4.48. The largest absolute Gasteiger partial charge is 0.353 e. The summed E-state index contributed by atoms with van der Waals surface area (Å²) >= 11 is 0. The molecule has 0 amide bonds. The van der Waals surface area contributed by atoms with Gasteiger partial charge in [-0.05, 0) is 31.2 Å². The molecule has 1 aliphatic rings. The van der Waals surface area contributed by atoms with Crippen molar-refractivity contribution in [1.29, 1.82) is 0 Å². The predicted octanol–water partition coefficient (Wildman–Crippen LogP) is 4.37. The van der Waals surface area contributed by atoms with Crippen LogP contribution in [0.2, 0.25) is 0 Å². The number of para-hydroxylation sites is 1. The van der Waals surface area contributed by atoms with E-state index >= 15 is 0 Å². The molecule has 5 aromatic rings. The first kappa shape index (κ1) is 21.4. The van der Waals surface area contributed by atoms with Crippen molar-refractivity contribution in [2.75, 3.05) is 31.1 Å². The number of anilines is 1. The number of pyridine rings is 1. The Labute approximate surface area is 203 Å². The van der Waals surface area contributed by atoms with Gasteiger partial charge in [0.25, 0.3) is 0 Å². The minimum atomic E-state index is 0.634. The van der Waals surface area contributed by atoms with Gasteiger partial charge in [-0.25, -0.2) is 9.97 Å². The van der Waals surface area contributed by atoms with Crippen LogP contribution in [0.15, 0.2) is 77.6 Å². The molecule has 0 unspecified atom stereocenters. The lowest BCUT2D eigenvalue weighted by atomic mass is 10.1. The van der Waals surface area contributed by atoms with Gasteiger partial charge >= 0.3 is 0 Å². The van der Waals surface area contributed by atoms with Crippen molar-refractivity contribution in [2.45, 2.75) is 13.5 Å². The molecule has 3 aromatic heterocycles. The summed E-state index contributed by atoms with van der Waals surface area (Å²) in [5.41, 5.74) is 4.09. The molecule has 0 bridgehead atoms. The van der Waals surface area contributed by atoms with Gasteiger partial charge < -0.3 is 9.42 Å². The van der Waals surface area contributed by atoms with Crippen molar-refractivity contribution in [3.8, 4) is 22.8 Å². The smallest absolute Gasteiger partial charge is 0.241 e. The summed E-state index contributed by atoms with van der Waals surface area (Å²) in [7, 11) is 0. The number of aryl methyl sites for hydroxylation is 1. The van der Waals surface area contributed by atoms with Crippen LogP contribution >= 0.6 is 0 Å². The molecule has 35 heavy (non-hydrogen) atoms. The second-order valence-corrected chi connectivity index (χ2v) is 8.76. The summed E-state index contributed by atoms with van der Waals surface area (Å²) in [6, 6.07) is 20.2. The number of piperazine rings is 1. The lowest BCUT2D eigenvalue weighted by molar-refractivity contribution is 0.215. The fourth-order valence-electron chi connectivity index (χ4n) is 4.38. The van der Waals surface area contributed by atoms with Gasteiger partial charge in [0.05, 0.1) is 12.1 Å². The Bertz CT molecular complexity index is 1440. The molecule has 2 aromatic carbocycles. The third-order valence-corrected chi connectivity index (χ3v) is 6.33. The highest BCUT2D eigenvalue weighted by Gasteiger charge is 2.23. The topological polar surface area (TPSA) is 84.1 Å². The van der Waals surface area contributed by atoms with Gasteiger partial charge in [0.2, 0.25) is 11.7 Å². The van der Waals surface area contributed by atoms with Crippen molar-refractivity contribution >= 4 is 16.7 Å². The first-order valence-electron chi connectivity index (χ1n) is 11.8. The number of benzene rings is 2. The predicted molar refractivity (Wildman–Crippen MR) is 135 cm³/mol. The quantitative estimate of drug-likeness (QED) is 0.380. The first-order chi connectivity index (χ1) is 17.2. The van der Waals surface area contributed by atoms with Crippen LogP contribution in [0.3, 0.4) is 0 Å². The standard InChI is InChI=1S/C27H25N7O/c1-19-6-8-20(9-7-19)26-30-24(35-32-26)18-33-14-16-34(17-15-33)27-22-4-2-3-5-23(22)29-25(31-27)21-10-12-28-13-11-21/h2-13H,14-18H2,1H3. The zero-order valence-corrected chi connectivity index (χ0v) is 19.5. The first-order valence-corrected chi connectivity index (χ1v) is 11.8. The van der Waals surface area contributed by atoms with E-state index in [0.29, 0.717) is 18.3 Å². The SMILES string of the molecule is Cc1ccc(-c2noc(CN3CCN(c4nc(-c5ccncc5)nc5ccccc45)CC3)n2)cc1. The van der Waals surface area contributed by atoms with Crippen LogP contribution in [0.5, 0.6) is 0 Å². The normalized spacial score (nSPS) is 14.5. The maximum Gasteiger partial charge on any atom is 0.241 e. The van der Waals surface area contributed by atoms with Crippen molar-refractivity contribution in [2.24, 2.45) is 0 Å². The number of nitrogens with zero attached hydrogens (tertiary/aromatic N) is 7. The third-order valence-electron chi connectivity index (χ3n) is 6.33. The second-order valence-electron chi connectivity index (χ2n) is 8.76.